The molecular weight excluding hydrogens is 331 g/mol. The highest BCUT2D eigenvalue weighted by atomic mass is 35.5. The summed E-state index contributed by atoms with van der Waals surface area (Å²) in [7, 11) is 0. The first kappa shape index (κ1) is 18.6. The lowest BCUT2D eigenvalue weighted by molar-refractivity contribution is -0.121. The van der Waals surface area contributed by atoms with Gasteiger partial charge in [-0.3, -0.25) is 4.79 Å². The maximum absolute atomic E-state index is 11.7. The number of hydrogen-bond donors (Lipinski definition) is 2. The molecule has 6 heteroatoms. The van der Waals surface area contributed by atoms with Crippen LogP contribution in [0.2, 0.25) is 10.0 Å². The van der Waals surface area contributed by atoms with Crippen LogP contribution in [0.25, 0.3) is 0 Å². The molecule has 0 aromatic heterocycles. The lowest BCUT2D eigenvalue weighted by atomic mass is 10.1. The van der Waals surface area contributed by atoms with Gasteiger partial charge in [0.2, 0.25) is 5.91 Å². The van der Waals surface area contributed by atoms with Gasteiger partial charge in [0.15, 0.2) is 0 Å². The monoisotopic (exact) mass is 350 g/mol. The van der Waals surface area contributed by atoms with Gasteiger partial charge in [-0.2, -0.15) is 0 Å². The van der Waals surface area contributed by atoms with E-state index in [2.05, 4.69) is 5.32 Å². The van der Waals surface area contributed by atoms with E-state index in [4.69, 9.17) is 28.9 Å². The summed E-state index contributed by atoms with van der Waals surface area (Å²) < 4.78 is 0. The number of rotatable bonds is 7. The summed E-state index contributed by atoms with van der Waals surface area (Å²) in [5.41, 5.74) is 7.03. The van der Waals surface area contributed by atoms with Gasteiger partial charge in [0.25, 0.3) is 0 Å². The number of nitrogens with one attached hydrogen (secondary N) is 1. The molecule has 21 heavy (non-hydrogen) atoms. The average molecular weight is 352 g/mol. The summed E-state index contributed by atoms with van der Waals surface area (Å²) in [4.78, 5) is 11.7. The van der Waals surface area contributed by atoms with Gasteiger partial charge in [-0.15, -0.1) is 12.4 Å². The SMILES string of the molecule is Cl.NC(CNC(=O)CCCc1ccc(Cl)c(Cl)c1)C1CC1. The van der Waals surface area contributed by atoms with Crippen LogP contribution in [0.5, 0.6) is 0 Å². The van der Waals surface area contributed by atoms with Crippen LogP contribution in [0.3, 0.4) is 0 Å². The van der Waals surface area contributed by atoms with Gasteiger partial charge in [0.05, 0.1) is 10.0 Å². The van der Waals surface area contributed by atoms with E-state index in [1.165, 1.54) is 12.8 Å². The molecule has 1 aliphatic carbocycles. The van der Waals surface area contributed by atoms with Crippen molar-refractivity contribution >= 4 is 41.5 Å². The lowest BCUT2D eigenvalue weighted by Gasteiger charge is -2.11. The van der Waals surface area contributed by atoms with Crippen LogP contribution in [0.15, 0.2) is 18.2 Å². The molecule has 0 heterocycles. The number of nitrogens with two attached hydrogens (primary N) is 1. The van der Waals surface area contributed by atoms with E-state index in [0.29, 0.717) is 28.9 Å². The Morgan fingerprint density at radius 2 is 2.05 bits per heavy atom. The molecule has 1 aromatic rings. The smallest absolute Gasteiger partial charge is 0.220 e. The normalized spacial score (nSPS) is 15.2. The molecule has 2 rings (SSSR count). The van der Waals surface area contributed by atoms with Crippen molar-refractivity contribution in [2.45, 2.75) is 38.1 Å². The molecule has 118 valence electrons. The van der Waals surface area contributed by atoms with Crippen molar-refractivity contribution in [3.05, 3.63) is 33.8 Å². The Morgan fingerprint density at radius 1 is 1.33 bits per heavy atom. The molecule has 1 aliphatic rings. The molecule has 0 spiro atoms. The molecule has 1 fully saturated rings. The van der Waals surface area contributed by atoms with Gasteiger partial charge in [-0.05, 0) is 49.3 Å². The minimum absolute atomic E-state index is 0. The van der Waals surface area contributed by atoms with Crippen molar-refractivity contribution < 1.29 is 4.79 Å². The summed E-state index contributed by atoms with van der Waals surface area (Å²) in [6, 6.07) is 5.70. The van der Waals surface area contributed by atoms with Crippen molar-refractivity contribution in [2.75, 3.05) is 6.54 Å². The molecule has 1 atom stereocenters. The van der Waals surface area contributed by atoms with Crippen molar-refractivity contribution in [2.24, 2.45) is 11.7 Å². The quantitative estimate of drug-likeness (QED) is 0.788. The number of hydrogen-bond acceptors (Lipinski definition) is 2. The third kappa shape index (κ3) is 6.43. The topological polar surface area (TPSA) is 55.1 Å². The van der Waals surface area contributed by atoms with Crippen molar-refractivity contribution in [1.29, 1.82) is 0 Å². The van der Waals surface area contributed by atoms with Gasteiger partial charge in [0, 0.05) is 19.0 Å². The first-order chi connectivity index (χ1) is 9.56. The molecule has 1 amide bonds. The second-order valence-corrected chi connectivity index (χ2v) is 6.22. The van der Waals surface area contributed by atoms with Crippen molar-refractivity contribution in [3.63, 3.8) is 0 Å². The average Bonchev–Trinajstić information content (AvgIpc) is 3.24. The first-order valence-electron chi connectivity index (χ1n) is 7.02. The van der Waals surface area contributed by atoms with Gasteiger partial charge in [-0.25, -0.2) is 0 Å². The van der Waals surface area contributed by atoms with Crippen LogP contribution in [0.1, 0.15) is 31.2 Å². The fraction of sp³-hybridized carbons (Fsp3) is 0.533. The maximum atomic E-state index is 11.7. The molecule has 0 aliphatic heterocycles. The third-order valence-electron chi connectivity index (χ3n) is 3.62. The Hall–Kier alpha value is -0.480. The fourth-order valence-electron chi connectivity index (χ4n) is 2.16. The Balaban J connectivity index is 0.00000220. The van der Waals surface area contributed by atoms with Crippen LogP contribution in [-0.4, -0.2) is 18.5 Å². The van der Waals surface area contributed by atoms with Gasteiger partial charge >= 0.3 is 0 Å². The lowest BCUT2D eigenvalue weighted by Crippen LogP contribution is -2.38. The molecule has 1 aromatic carbocycles. The molecule has 1 saturated carbocycles. The number of amides is 1. The highest BCUT2D eigenvalue weighted by molar-refractivity contribution is 6.42. The minimum atomic E-state index is 0. The van der Waals surface area contributed by atoms with E-state index in [9.17, 15) is 4.79 Å². The molecule has 3 N–H and O–H groups in total. The van der Waals surface area contributed by atoms with Gasteiger partial charge in [0.1, 0.15) is 0 Å². The van der Waals surface area contributed by atoms with Gasteiger partial charge in [-0.1, -0.05) is 29.3 Å². The van der Waals surface area contributed by atoms with Crippen LogP contribution >= 0.6 is 35.6 Å². The zero-order chi connectivity index (χ0) is 14.5. The number of aryl methyl sites for hydroxylation is 1. The molecule has 3 nitrogen and oxygen atoms in total. The fourth-order valence-corrected chi connectivity index (χ4v) is 2.48. The largest absolute Gasteiger partial charge is 0.355 e. The van der Waals surface area contributed by atoms with Gasteiger partial charge < -0.3 is 11.1 Å². The first-order valence-corrected chi connectivity index (χ1v) is 7.78. The van der Waals surface area contributed by atoms with E-state index in [0.717, 1.165) is 18.4 Å². The predicted octanol–water partition coefficient (Wildman–Crippen LogP) is 3.59. The number of carbonyl (C=O) groups excluding carboxylic acids is 1. The number of halogens is 3. The van der Waals surface area contributed by atoms with E-state index >= 15 is 0 Å². The molecule has 0 bridgehead atoms. The zero-order valence-electron chi connectivity index (χ0n) is 11.8. The molecular formula is C15H21Cl3N2O. The third-order valence-corrected chi connectivity index (χ3v) is 4.35. The van der Waals surface area contributed by atoms with E-state index in [-0.39, 0.29) is 24.4 Å². The van der Waals surface area contributed by atoms with Crippen LogP contribution in [0.4, 0.5) is 0 Å². The Labute approximate surface area is 142 Å². The maximum Gasteiger partial charge on any atom is 0.220 e. The molecule has 1 unspecified atom stereocenters. The van der Waals surface area contributed by atoms with Crippen LogP contribution in [0, 0.1) is 5.92 Å². The summed E-state index contributed by atoms with van der Waals surface area (Å²) >= 11 is 11.8. The Kier molecular flexibility index (Phi) is 7.82. The van der Waals surface area contributed by atoms with Crippen LogP contribution in [-0.2, 0) is 11.2 Å². The molecule has 0 radical (unpaired) electrons. The summed E-state index contributed by atoms with van der Waals surface area (Å²) in [6.07, 6.45) is 4.53. The van der Waals surface area contributed by atoms with Crippen molar-refractivity contribution in [3.8, 4) is 0 Å². The van der Waals surface area contributed by atoms with Crippen LogP contribution < -0.4 is 11.1 Å². The summed E-state index contributed by atoms with van der Waals surface area (Å²) in [6.45, 7) is 0.594. The predicted molar refractivity (Wildman–Crippen MR) is 90.4 cm³/mol. The Bertz CT molecular complexity index is 478. The van der Waals surface area contributed by atoms with Crippen molar-refractivity contribution in [1.82, 2.24) is 5.32 Å². The van der Waals surface area contributed by atoms with E-state index in [1.54, 1.807) is 6.07 Å². The van der Waals surface area contributed by atoms with E-state index in [1.807, 2.05) is 12.1 Å². The second kappa shape index (κ2) is 8.84. The number of carbonyl (C=O) groups is 1. The minimum Gasteiger partial charge on any atom is -0.355 e. The zero-order valence-corrected chi connectivity index (χ0v) is 14.1. The van der Waals surface area contributed by atoms with E-state index < -0.39 is 0 Å². The Morgan fingerprint density at radius 3 is 2.67 bits per heavy atom. The highest BCUT2D eigenvalue weighted by Gasteiger charge is 2.28. The summed E-state index contributed by atoms with van der Waals surface area (Å²) in [5, 5.41) is 4.02. The molecule has 0 saturated heterocycles. The second-order valence-electron chi connectivity index (χ2n) is 5.41. The highest BCUT2D eigenvalue weighted by Crippen LogP contribution is 2.31. The standard InChI is InChI=1S/C15H20Cl2N2O.ClH/c16-12-7-4-10(8-13(12)17)2-1-3-15(20)19-9-14(18)11-5-6-11;/h4,7-8,11,14H,1-3,5-6,9,18H2,(H,19,20);1H. The number of benzene rings is 1. The summed E-state index contributed by atoms with van der Waals surface area (Å²) in [5.74, 6) is 0.688.